The van der Waals surface area contributed by atoms with Gasteiger partial charge in [0.15, 0.2) is 0 Å². The van der Waals surface area contributed by atoms with Gasteiger partial charge in [0.05, 0.1) is 5.60 Å². The van der Waals surface area contributed by atoms with Crippen molar-refractivity contribution in [2.24, 2.45) is 0 Å². The van der Waals surface area contributed by atoms with Crippen LogP contribution in [0.2, 0.25) is 0 Å². The highest BCUT2D eigenvalue weighted by Crippen LogP contribution is 2.47. The summed E-state index contributed by atoms with van der Waals surface area (Å²) in [6.45, 7) is -0.133. The van der Waals surface area contributed by atoms with Crippen LogP contribution in [0.25, 0.3) is 0 Å². The Hall–Kier alpha value is -2.38. The zero-order valence-corrected chi connectivity index (χ0v) is 18.8. The van der Waals surface area contributed by atoms with Crippen LogP contribution in [0.15, 0.2) is 59.1 Å². The number of hydrogen-bond acceptors (Lipinski definition) is 4. The number of benzene rings is 2. The van der Waals surface area contributed by atoms with E-state index in [4.69, 9.17) is 9.47 Å². The molecule has 2 aromatic carbocycles. The van der Waals surface area contributed by atoms with Crippen molar-refractivity contribution in [2.75, 3.05) is 6.61 Å². The first kappa shape index (κ1) is 21.8. The Bertz CT molecular complexity index is 921. The molecule has 6 nitrogen and oxygen atoms in total. The first-order valence-corrected chi connectivity index (χ1v) is 11.4. The third-order valence-corrected chi connectivity index (χ3v) is 6.72. The maximum atomic E-state index is 13.0. The van der Waals surface area contributed by atoms with Gasteiger partial charge in [-0.05, 0) is 42.5 Å². The maximum absolute atomic E-state index is 13.0. The molecule has 0 radical (unpaired) electrons. The van der Waals surface area contributed by atoms with Crippen molar-refractivity contribution in [2.45, 2.75) is 56.4 Å². The number of fused-ring (bicyclic) bond motifs is 2. The Morgan fingerprint density at radius 3 is 2.42 bits per heavy atom. The lowest BCUT2D eigenvalue weighted by atomic mass is 9.72. The molecule has 4 rings (SSSR count). The Labute approximate surface area is 190 Å². The molecule has 2 bridgehead atoms. The van der Waals surface area contributed by atoms with Crippen molar-refractivity contribution in [1.82, 2.24) is 4.90 Å². The number of nitrogens with zero attached hydrogens (tertiary/aromatic N) is 1. The molecule has 0 aromatic heterocycles. The van der Waals surface area contributed by atoms with E-state index in [-0.39, 0.29) is 31.4 Å². The quantitative estimate of drug-likeness (QED) is 0.613. The summed E-state index contributed by atoms with van der Waals surface area (Å²) < 4.78 is 12.6. The number of carboxylic acid groups (broad SMARTS) is 1. The first-order chi connectivity index (χ1) is 15.0. The van der Waals surface area contributed by atoms with E-state index in [0.717, 1.165) is 34.9 Å². The summed E-state index contributed by atoms with van der Waals surface area (Å²) in [6, 6.07) is 17.4. The van der Waals surface area contributed by atoms with Crippen LogP contribution in [0.5, 0.6) is 0 Å². The van der Waals surface area contributed by atoms with Crippen LogP contribution in [-0.2, 0) is 26.5 Å². The summed E-state index contributed by atoms with van der Waals surface area (Å²) in [5.74, 6) is -0.996. The van der Waals surface area contributed by atoms with Crippen LogP contribution in [0, 0.1) is 0 Å². The molecule has 2 heterocycles. The lowest BCUT2D eigenvalue weighted by Gasteiger charge is -2.53. The van der Waals surface area contributed by atoms with Gasteiger partial charge in [0.1, 0.15) is 13.2 Å². The normalized spacial score (nSPS) is 25.1. The number of ether oxygens (including phenoxy) is 2. The zero-order valence-electron chi connectivity index (χ0n) is 17.2. The maximum Gasteiger partial charge on any atom is 0.410 e. The SMILES string of the molecule is O=C(O)COC1(c2cccc(Br)c2)CC2CCCC(C1)N2C(=O)OCc1ccccc1. The molecular formula is C24H26BrNO5. The molecule has 2 atom stereocenters. The van der Waals surface area contributed by atoms with Gasteiger partial charge in [-0.1, -0.05) is 58.4 Å². The number of carbonyl (C=O) groups excluding carboxylic acids is 1. The minimum absolute atomic E-state index is 0.0523. The largest absolute Gasteiger partial charge is 0.480 e. The van der Waals surface area contributed by atoms with Gasteiger partial charge in [-0.3, -0.25) is 0 Å². The molecule has 2 aliphatic heterocycles. The Kier molecular flexibility index (Phi) is 6.62. The van der Waals surface area contributed by atoms with Crippen molar-refractivity contribution >= 4 is 28.0 Å². The average molecular weight is 488 g/mol. The number of amides is 1. The molecule has 31 heavy (non-hydrogen) atoms. The highest BCUT2D eigenvalue weighted by atomic mass is 79.9. The second-order valence-corrected chi connectivity index (χ2v) is 9.20. The molecule has 2 unspecified atom stereocenters. The van der Waals surface area contributed by atoms with E-state index < -0.39 is 11.6 Å². The fourth-order valence-electron chi connectivity index (χ4n) is 4.91. The monoisotopic (exact) mass is 487 g/mol. The third kappa shape index (κ3) is 4.93. The molecule has 2 aromatic rings. The lowest BCUT2D eigenvalue weighted by Crippen LogP contribution is -2.59. The molecule has 0 spiro atoms. The van der Waals surface area contributed by atoms with Gasteiger partial charge in [0.25, 0.3) is 0 Å². The second-order valence-electron chi connectivity index (χ2n) is 8.28. The van der Waals surface area contributed by atoms with Gasteiger partial charge in [0, 0.05) is 29.4 Å². The molecule has 1 amide bonds. The van der Waals surface area contributed by atoms with E-state index in [1.807, 2.05) is 59.5 Å². The summed E-state index contributed by atoms with van der Waals surface area (Å²) >= 11 is 3.52. The Morgan fingerprint density at radius 2 is 1.77 bits per heavy atom. The molecule has 2 fully saturated rings. The molecule has 1 N–H and O–H groups in total. The second kappa shape index (κ2) is 9.40. The van der Waals surface area contributed by atoms with E-state index in [0.29, 0.717) is 12.8 Å². The number of halogens is 1. The van der Waals surface area contributed by atoms with Gasteiger partial charge < -0.3 is 19.5 Å². The number of carboxylic acids is 1. The average Bonchev–Trinajstić information content (AvgIpc) is 2.76. The number of piperidine rings is 2. The number of hydrogen-bond donors (Lipinski definition) is 1. The van der Waals surface area contributed by atoms with Gasteiger partial charge in [-0.15, -0.1) is 0 Å². The van der Waals surface area contributed by atoms with Crippen LogP contribution in [0.4, 0.5) is 4.79 Å². The standard InChI is InChI=1S/C24H26BrNO5/c25-19-9-4-8-18(12-19)24(31-16-22(27)28)13-20-10-5-11-21(14-24)26(20)23(29)30-15-17-6-2-1-3-7-17/h1-4,6-9,12,20-21H,5,10-11,13-16H2,(H,27,28). The first-order valence-electron chi connectivity index (χ1n) is 10.6. The highest BCUT2D eigenvalue weighted by molar-refractivity contribution is 9.10. The Morgan fingerprint density at radius 1 is 1.06 bits per heavy atom. The minimum atomic E-state index is -0.996. The lowest BCUT2D eigenvalue weighted by molar-refractivity contribution is -0.163. The smallest absolute Gasteiger partial charge is 0.410 e. The van der Waals surface area contributed by atoms with Gasteiger partial charge in [-0.25, -0.2) is 9.59 Å². The third-order valence-electron chi connectivity index (χ3n) is 6.23. The topological polar surface area (TPSA) is 76.1 Å². The van der Waals surface area contributed by atoms with E-state index in [9.17, 15) is 14.7 Å². The number of carbonyl (C=O) groups is 2. The van der Waals surface area contributed by atoms with Crippen molar-refractivity contribution < 1.29 is 24.2 Å². The summed E-state index contributed by atoms with van der Waals surface area (Å²) in [7, 11) is 0. The predicted octanol–water partition coefficient (Wildman–Crippen LogP) is 5.10. The van der Waals surface area contributed by atoms with Crippen molar-refractivity contribution in [3.05, 3.63) is 70.2 Å². The minimum Gasteiger partial charge on any atom is -0.480 e. The van der Waals surface area contributed by atoms with Crippen LogP contribution >= 0.6 is 15.9 Å². The van der Waals surface area contributed by atoms with Crippen LogP contribution in [0.1, 0.15) is 43.2 Å². The van der Waals surface area contributed by atoms with E-state index in [1.54, 1.807) is 0 Å². The fraction of sp³-hybridized carbons (Fsp3) is 0.417. The van der Waals surface area contributed by atoms with E-state index >= 15 is 0 Å². The molecule has 0 aliphatic carbocycles. The molecular weight excluding hydrogens is 462 g/mol. The van der Waals surface area contributed by atoms with Gasteiger partial charge in [0.2, 0.25) is 0 Å². The Balaban J connectivity index is 1.55. The molecule has 0 saturated carbocycles. The summed E-state index contributed by atoms with van der Waals surface area (Å²) in [5.41, 5.74) is 1.15. The zero-order chi connectivity index (χ0) is 21.8. The van der Waals surface area contributed by atoms with Gasteiger partial charge >= 0.3 is 12.1 Å². The van der Waals surface area contributed by atoms with Crippen LogP contribution < -0.4 is 0 Å². The fourth-order valence-corrected chi connectivity index (χ4v) is 5.31. The number of aliphatic carboxylic acids is 1. The van der Waals surface area contributed by atoms with Crippen molar-refractivity contribution in [3.8, 4) is 0 Å². The summed E-state index contributed by atoms with van der Waals surface area (Å²) in [4.78, 5) is 26.2. The highest BCUT2D eigenvalue weighted by Gasteiger charge is 2.50. The molecule has 164 valence electrons. The molecule has 7 heteroatoms. The van der Waals surface area contributed by atoms with E-state index in [1.165, 1.54) is 0 Å². The van der Waals surface area contributed by atoms with Crippen molar-refractivity contribution in [1.29, 1.82) is 0 Å². The summed E-state index contributed by atoms with van der Waals surface area (Å²) in [5, 5.41) is 9.26. The number of rotatable bonds is 6. The molecule has 2 aliphatic rings. The molecule has 2 saturated heterocycles. The van der Waals surface area contributed by atoms with Gasteiger partial charge in [-0.2, -0.15) is 0 Å². The van der Waals surface area contributed by atoms with Crippen molar-refractivity contribution in [3.63, 3.8) is 0 Å². The van der Waals surface area contributed by atoms with Crippen LogP contribution in [0.3, 0.4) is 0 Å². The van der Waals surface area contributed by atoms with E-state index in [2.05, 4.69) is 15.9 Å². The summed E-state index contributed by atoms with van der Waals surface area (Å²) in [6.07, 6.45) is 3.53. The van der Waals surface area contributed by atoms with Crippen LogP contribution in [-0.4, -0.2) is 40.8 Å². The predicted molar refractivity (Wildman–Crippen MR) is 119 cm³/mol.